The fourth-order valence-electron chi connectivity index (χ4n) is 1.88. The van der Waals surface area contributed by atoms with Gasteiger partial charge in [0.05, 0.1) is 11.0 Å². The maximum atomic E-state index is 10.5. The minimum atomic E-state index is -4.02. The van der Waals surface area contributed by atoms with Crippen LogP contribution in [0.1, 0.15) is 38.2 Å². The minimum Gasteiger partial charge on any atom is -0.387 e. The fraction of sp³-hybridized carbons (Fsp3) is 0.500. The second kappa shape index (κ2) is 8.43. The molecule has 4 N–H and O–H groups in total. The van der Waals surface area contributed by atoms with Gasteiger partial charge in [0.2, 0.25) is 0 Å². The summed E-state index contributed by atoms with van der Waals surface area (Å²) in [5, 5.41) is 9.49. The number of nitrogens with two attached hydrogens (primary N) is 1. The summed E-state index contributed by atoms with van der Waals surface area (Å²) in [5.74, 6) is 0. The fourth-order valence-corrected chi connectivity index (χ4v) is 2.36. The van der Waals surface area contributed by atoms with Gasteiger partial charge in [0.1, 0.15) is 0 Å². The molecule has 124 valence electrons. The second-order valence-electron chi connectivity index (χ2n) is 5.52. The first-order valence-electron chi connectivity index (χ1n) is 7.42. The third-order valence-corrected chi connectivity index (χ3v) is 4.30. The SMILES string of the molecule is CCCC[C@H](N)C(O)C1=CC1.Cc1ccc(S(=O)(=O)O)cc1. The molecular weight excluding hydrogens is 302 g/mol. The van der Waals surface area contributed by atoms with Crippen molar-refractivity contribution in [2.75, 3.05) is 0 Å². The highest BCUT2D eigenvalue weighted by Crippen LogP contribution is 2.25. The molecule has 1 aromatic rings. The molecule has 0 radical (unpaired) electrons. The molecular formula is C16H25NO4S. The first-order chi connectivity index (χ1) is 10.3. The van der Waals surface area contributed by atoms with Crippen molar-refractivity contribution in [3.8, 4) is 0 Å². The molecule has 0 aromatic heterocycles. The van der Waals surface area contributed by atoms with E-state index in [-0.39, 0.29) is 17.0 Å². The lowest BCUT2D eigenvalue weighted by Gasteiger charge is -2.15. The van der Waals surface area contributed by atoms with Crippen LogP contribution in [-0.4, -0.2) is 30.2 Å². The van der Waals surface area contributed by atoms with Gasteiger partial charge in [0, 0.05) is 6.04 Å². The van der Waals surface area contributed by atoms with Gasteiger partial charge in [-0.05, 0) is 37.5 Å². The third-order valence-electron chi connectivity index (χ3n) is 3.44. The Bertz CT molecular complexity index is 593. The zero-order chi connectivity index (χ0) is 16.8. The Morgan fingerprint density at radius 3 is 2.23 bits per heavy atom. The van der Waals surface area contributed by atoms with E-state index in [1.54, 1.807) is 12.1 Å². The van der Waals surface area contributed by atoms with Crippen molar-refractivity contribution in [3.05, 3.63) is 41.5 Å². The summed E-state index contributed by atoms with van der Waals surface area (Å²) in [6.45, 7) is 3.98. The van der Waals surface area contributed by atoms with Gasteiger partial charge in [0.25, 0.3) is 10.1 Å². The Hall–Kier alpha value is -1.21. The maximum Gasteiger partial charge on any atom is 0.294 e. The second-order valence-corrected chi connectivity index (χ2v) is 6.94. The molecule has 2 atom stereocenters. The predicted octanol–water partition coefficient (Wildman–Crippen LogP) is 2.44. The van der Waals surface area contributed by atoms with E-state index in [0.717, 1.165) is 36.8 Å². The van der Waals surface area contributed by atoms with E-state index >= 15 is 0 Å². The van der Waals surface area contributed by atoms with E-state index in [4.69, 9.17) is 10.3 Å². The number of hydrogen-bond donors (Lipinski definition) is 3. The standard InChI is InChI=1S/C9H17NO.C7H8O3S/c1-2-3-4-8(10)9(11)7-5-6-7;1-6-2-4-7(5-3-6)11(8,9)10/h5,8-9,11H,2-4,6,10H2,1H3;2-5H,1H3,(H,8,9,10)/t8-,9?;/m0./s1. The van der Waals surface area contributed by atoms with E-state index in [9.17, 15) is 13.5 Å². The van der Waals surface area contributed by atoms with E-state index in [2.05, 4.69) is 6.92 Å². The van der Waals surface area contributed by atoms with Crippen molar-refractivity contribution in [2.24, 2.45) is 5.73 Å². The van der Waals surface area contributed by atoms with Gasteiger partial charge in [0.15, 0.2) is 0 Å². The molecule has 1 aromatic carbocycles. The predicted molar refractivity (Wildman–Crippen MR) is 87.2 cm³/mol. The number of rotatable bonds is 6. The molecule has 0 saturated heterocycles. The van der Waals surface area contributed by atoms with Crippen LogP contribution < -0.4 is 5.73 Å². The van der Waals surface area contributed by atoms with Gasteiger partial charge in [-0.25, -0.2) is 0 Å². The highest BCUT2D eigenvalue weighted by molar-refractivity contribution is 7.85. The first kappa shape index (κ1) is 18.8. The zero-order valence-electron chi connectivity index (χ0n) is 13.1. The van der Waals surface area contributed by atoms with Crippen molar-refractivity contribution in [1.29, 1.82) is 0 Å². The van der Waals surface area contributed by atoms with E-state index < -0.39 is 10.1 Å². The Morgan fingerprint density at radius 1 is 1.27 bits per heavy atom. The van der Waals surface area contributed by atoms with Crippen molar-refractivity contribution < 1.29 is 18.1 Å². The minimum absolute atomic E-state index is 0.0382. The molecule has 2 rings (SSSR count). The molecule has 0 amide bonds. The quantitative estimate of drug-likeness (QED) is 0.550. The van der Waals surface area contributed by atoms with Crippen LogP contribution in [0.4, 0.5) is 0 Å². The monoisotopic (exact) mass is 327 g/mol. The van der Waals surface area contributed by atoms with Crippen LogP contribution in [0.5, 0.6) is 0 Å². The number of aryl methyl sites for hydroxylation is 1. The maximum absolute atomic E-state index is 10.5. The van der Waals surface area contributed by atoms with Crippen molar-refractivity contribution in [3.63, 3.8) is 0 Å². The summed E-state index contributed by atoms with van der Waals surface area (Å²) in [6, 6.07) is 5.95. The van der Waals surface area contributed by atoms with Gasteiger partial charge in [-0.2, -0.15) is 8.42 Å². The van der Waals surface area contributed by atoms with Crippen molar-refractivity contribution >= 4 is 10.1 Å². The lowest BCUT2D eigenvalue weighted by atomic mass is 10.0. The summed E-state index contributed by atoms with van der Waals surface area (Å²) >= 11 is 0. The molecule has 0 bridgehead atoms. The van der Waals surface area contributed by atoms with Crippen LogP contribution in [0, 0.1) is 6.92 Å². The van der Waals surface area contributed by atoms with Crippen LogP contribution in [-0.2, 0) is 10.1 Å². The van der Waals surface area contributed by atoms with Crippen LogP contribution in [0.25, 0.3) is 0 Å². The summed E-state index contributed by atoms with van der Waals surface area (Å²) in [4.78, 5) is -0.0666. The Labute approximate surface area is 132 Å². The summed E-state index contributed by atoms with van der Waals surface area (Å²) in [7, 11) is -4.02. The lowest BCUT2D eigenvalue weighted by molar-refractivity contribution is 0.177. The number of allylic oxidation sites excluding steroid dienone is 1. The molecule has 1 unspecified atom stereocenters. The molecule has 0 fully saturated rings. The number of unbranched alkanes of at least 4 members (excludes halogenated alkanes) is 1. The topological polar surface area (TPSA) is 101 Å². The van der Waals surface area contributed by atoms with E-state index in [1.807, 2.05) is 13.0 Å². The number of hydrogen-bond acceptors (Lipinski definition) is 4. The number of benzene rings is 1. The van der Waals surface area contributed by atoms with E-state index in [0.29, 0.717) is 0 Å². The molecule has 5 nitrogen and oxygen atoms in total. The molecule has 0 aliphatic heterocycles. The molecule has 0 heterocycles. The van der Waals surface area contributed by atoms with Crippen LogP contribution in [0.3, 0.4) is 0 Å². The Kier molecular flexibility index (Phi) is 7.22. The average Bonchev–Trinajstić information content (AvgIpc) is 3.28. The smallest absolute Gasteiger partial charge is 0.294 e. The summed E-state index contributed by atoms with van der Waals surface area (Å²) in [6.07, 6.45) is 5.86. The van der Waals surface area contributed by atoms with E-state index in [1.165, 1.54) is 12.1 Å². The van der Waals surface area contributed by atoms with Gasteiger partial charge in [-0.3, -0.25) is 4.55 Å². The molecule has 1 aliphatic rings. The number of aliphatic hydroxyl groups is 1. The molecule has 6 heteroatoms. The highest BCUT2D eigenvalue weighted by Gasteiger charge is 2.23. The van der Waals surface area contributed by atoms with Gasteiger partial charge in [-0.1, -0.05) is 43.5 Å². The molecule has 1 aliphatic carbocycles. The molecule has 0 spiro atoms. The Balaban J connectivity index is 0.000000220. The van der Waals surface area contributed by atoms with Gasteiger partial charge < -0.3 is 10.8 Å². The summed E-state index contributed by atoms with van der Waals surface area (Å²) in [5.41, 5.74) is 7.84. The molecule has 0 saturated carbocycles. The molecule has 22 heavy (non-hydrogen) atoms. The zero-order valence-corrected chi connectivity index (χ0v) is 13.9. The first-order valence-corrected chi connectivity index (χ1v) is 8.86. The average molecular weight is 327 g/mol. The normalized spacial score (nSPS) is 16.1. The highest BCUT2D eigenvalue weighted by atomic mass is 32.2. The van der Waals surface area contributed by atoms with Crippen LogP contribution >= 0.6 is 0 Å². The largest absolute Gasteiger partial charge is 0.387 e. The summed E-state index contributed by atoms with van der Waals surface area (Å²) < 4.78 is 29.6. The lowest BCUT2D eigenvalue weighted by Crippen LogP contribution is -2.34. The van der Waals surface area contributed by atoms with Crippen LogP contribution in [0.15, 0.2) is 40.8 Å². The van der Waals surface area contributed by atoms with Crippen molar-refractivity contribution in [1.82, 2.24) is 0 Å². The van der Waals surface area contributed by atoms with Crippen LogP contribution in [0.2, 0.25) is 0 Å². The third kappa shape index (κ3) is 6.70. The van der Waals surface area contributed by atoms with Gasteiger partial charge >= 0.3 is 0 Å². The Morgan fingerprint density at radius 2 is 1.82 bits per heavy atom. The number of aliphatic hydroxyl groups excluding tert-OH is 1. The van der Waals surface area contributed by atoms with Gasteiger partial charge in [-0.15, -0.1) is 0 Å². The van der Waals surface area contributed by atoms with Crippen molar-refractivity contribution in [2.45, 2.75) is 56.6 Å².